The molecule has 4 nitrogen and oxygen atoms in total. The van der Waals surface area contributed by atoms with E-state index in [9.17, 15) is 4.79 Å². The zero-order chi connectivity index (χ0) is 14.7. The minimum atomic E-state index is -0.475. The maximum atomic E-state index is 11.5. The van der Waals surface area contributed by atoms with Crippen molar-refractivity contribution in [2.75, 3.05) is 14.2 Å². The van der Waals surface area contributed by atoms with E-state index < -0.39 is 5.97 Å². The second kappa shape index (κ2) is 6.24. The molecule has 0 aliphatic heterocycles. The standard InChI is InChI=1S/C15H16BrNO3/c1-9-10(5-4-6-11(9)16)14(17-2)12-7-8-13(20-12)15(18)19-3/h4-8,14,17H,1-3H3. The maximum Gasteiger partial charge on any atom is 0.373 e. The van der Waals surface area contributed by atoms with E-state index in [4.69, 9.17) is 4.42 Å². The van der Waals surface area contributed by atoms with Gasteiger partial charge in [-0.15, -0.1) is 0 Å². The Morgan fingerprint density at radius 2 is 2.10 bits per heavy atom. The molecule has 0 aliphatic rings. The average molecular weight is 338 g/mol. The van der Waals surface area contributed by atoms with Crippen LogP contribution in [0.3, 0.4) is 0 Å². The number of benzene rings is 1. The van der Waals surface area contributed by atoms with Crippen LogP contribution in [0.2, 0.25) is 0 Å². The number of nitrogens with one attached hydrogen (secondary N) is 1. The molecule has 1 aromatic carbocycles. The van der Waals surface area contributed by atoms with Gasteiger partial charge in [-0.1, -0.05) is 28.1 Å². The smallest absolute Gasteiger partial charge is 0.373 e. The first kappa shape index (κ1) is 14.8. The summed E-state index contributed by atoms with van der Waals surface area (Å²) in [6, 6.07) is 9.29. The number of hydrogen-bond donors (Lipinski definition) is 1. The molecule has 106 valence electrons. The Labute approximate surface area is 126 Å². The summed E-state index contributed by atoms with van der Waals surface area (Å²) in [6.45, 7) is 2.04. The van der Waals surface area contributed by atoms with Crippen molar-refractivity contribution in [3.8, 4) is 0 Å². The predicted octanol–water partition coefficient (Wildman–Crippen LogP) is 3.45. The van der Waals surface area contributed by atoms with Gasteiger partial charge in [0.2, 0.25) is 5.76 Å². The molecular formula is C15H16BrNO3. The van der Waals surface area contributed by atoms with E-state index in [1.807, 2.05) is 32.2 Å². The van der Waals surface area contributed by atoms with Crippen LogP contribution in [-0.2, 0) is 4.74 Å². The molecule has 1 unspecified atom stereocenters. The Kier molecular flexibility index (Phi) is 4.62. The molecule has 1 heterocycles. The first-order chi connectivity index (χ1) is 9.58. The summed E-state index contributed by atoms with van der Waals surface area (Å²) in [5, 5.41) is 3.21. The van der Waals surface area contributed by atoms with Gasteiger partial charge in [-0.3, -0.25) is 0 Å². The van der Waals surface area contributed by atoms with E-state index in [0.717, 1.165) is 15.6 Å². The lowest BCUT2D eigenvalue weighted by Crippen LogP contribution is -2.18. The SMILES string of the molecule is CNC(c1ccc(C(=O)OC)o1)c1cccc(Br)c1C. The summed E-state index contributed by atoms with van der Waals surface area (Å²) in [5.41, 5.74) is 2.22. The van der Waals surface area contributed by atoms with Gasteiger partial charge in [0.25, 0.3) is 0 Å². The number of methoxy groups -OCH3 is 1. The van der Waals surface area contributed by atoms with Crippen LogP contribution in [-0.4, -0.2) is 20.1 Å². The van der Waals surface area contributed by atoms with Crippen molar-refractivity contribution in [2.24, 2.45) is 0 Å². The Morgan fingerprint density at radius 1 is 1.35 bits per heavy atom. The molecule has 0 radical (unpaired) electrons. The van der Waals surface area contributed by atoms with E-state index in [1.54, 1.807) is 12.1 Å². The molecule has 20 heavy (non-hydrogen) atoms. The summed E-state index contributed by atoms with van der Waals surface area (Å²) in [4.78, 5) is 11.5. The van der Waals surface area contributed by atoms with Gasteiger partial charge in [0.15, 0.2) is 0 Å². The second-order valence-corrected chi connectivity index (χ2v) is 5.22. The van der Waals surface area contributed by atoms with Crippen molar-refractivity contribution in [1.29, 1.82) is 0 Å². The lowest BCUT2D eigenvalue weighted by atomic mass is 10.00. The first-order valence-corrected chi connectivity index (χ1v) is 6.98. The van der Waals surface area contributed by atoms with E-state index in [-0.39, 0.29) is 11.8 Å². The highest BCUT2D eigenvalue weighted by Gasteiger charge is 2.20. The largest absolute Gasteiger partial charge is 0.463 e. The van der Waals surface area contributed by atoms with Gasteiger partial charge >= 0.3 is 5.97 Å². The quantitative estimate of drug-likeness (QED) is 0.868. The molecule has 1 atom stereocenters. The molecule has 0 amide bonds. The zero-order valence-electron chi connectivity index (χ0n) is 11.6. The maximum absolute atomic E-state index is 11.5. The third-order valence-electron chi connectivity index (χ3n) is 3.21. The average Bonchev–Trinajstić information content (AvgIpc) is 2.93. The van der Waals surface area contributed by atoms with Crippen molar-refractivity contribution in [3.05, 3.63) is 57.5 Å². The highest BCUT2D eigenvalue weighted by atomic mass is 79.9. The minimum Gasteiger partial charge on any atom is -0.463 e. The highest BCUT2D eigenvalue weighted by molar-refractivity contribution is 9.10. The number of rotatable bonds is 4. The normalized spacial score (nSPS) is 12.2. The summed E-state index contributed by atoms with van der Waals surface area (Å²) >= 11 is 3.52. The molecule has 1 N–H and O–H groups in total. The number of furan rings is 1. The lowest BCUT2D eigenvalue weighted by Gasteiger charge is -2.17. The van der Waals surface area contributed by atoms with E-state index in [2.05, 4.69) is 26.0 Å². The van der Waals surface area contributed by atoms with Gasteiger partial charge in [-0.25, -0.2) is 4.79 Å². The number of carbonyl (C=O) groups is 1. The van der Waals surface area contributed by atoms with E-state index in [0.29, 0.717) is 5.76 Å². The van der Waals surface area contributed by atoms with E-state index >= 15 is 0 Å². The summed E-state index contributed by atoms with van der Waals surface area (Å²) in [7, 11) is 3.18. The van der Waals surface area contributed by atoms with Crippen molar-refractivity contribution in [2.45, 2.75) is 13.0 Å². The third kappa shape index (κ3) is 2.78. The first-order valence-electron chi connectivity index (χ1n) is 6.18. The van der Waals surface area contributed by atoms with Crippen molar-refractivity contribution in [3.63, 3.8) is 0 Å². The molecule has 0 saturated heterocycles. The number of esters is 1. The number of ether oxygens (including phenoxy) is 1. The number of carbonyl (C=O) groups excluding carboxylic acids is 1. The minimum absolute atomic E-state index is 0.120. The van der Waals surface area contributed by atoms with Gasteiger partial charge in [0, 0.05) is 4.47 Å². The number of halogens is 1. The van der Waals surface area contributed by atoms with Crippen LogP contribution < -0.4 is 5.32 Å². The Hall–Kier alpha value is -1.59. The van der Waals surface area contributed by atoms with Gasteiger partial charge in [0.1, 0.15) is 5.76 Å². The highest BCUT2D eigenvalue weighted by Crippen LogP contribution is 2.29. The second-order valence-electron chi connectivity index (χ2n) is 4.37. The summed E-state index contributed by atoms with van der Waals surface area (Å²) in [6.07, 6.45) is 0. The van der Waals surface area contributed by atoms with Crippen LogP contribution in [0.25, 0.3) is 0 Å². The zero-order valence-corrected chi connectivity index (χ0v) is 13.2. The number of hydrogen-bond acceptors (Lipinski definition) is 4. The van der Waals surface area contributed by atoms with Gasteiger partial charge in [-0.05, 0) is 43.3 Å². The fraction of sp³-hybridized carbons (Fsp3) is 0.267. The molecule has 0 saturated carbocycles. The van der Waals surface area contributed by atoms with Crippen molar-refractivity contribution < 1.29 is 13.9 Å². The molecule has 0 bridgehead atoms. The molecule has 1 aromatic heterocycles. The van der Waals surface area contributed by atoms with Gasteiger partial charge < -0.3 is 14.5 Å². The molecule has 5 heteroatoms. The van der Waals surface area contributed by atoms with Crippen LogP contribution in [0.4, 0.5) is 0 Å². The summed E-state index contributed by atoms with van der Waals surface area (Å²) < 4.78 is 11.3. The van der Waals surface area contributed by atoms with E-state index in [1.165, 1.54) is 7.11 Å². The lowest BCUT2D eigenvalue weighted by molar-refractivity contribution is 0.0562. The predicted molar refractivity (Wildman–Crippen MR) is 79.8 cm³/mol. The monoisotopic (exact) mass is 337 g/mol. The Balaban J connectivity index is 2.40. The van der Waals surface area contributed by atoms with Crippen LogP contribution in [0, 0.1) is 6.92 Å². The fourth-order valence-electron chi connectivity index (χ4n) is 2.11. The van der Waals surface area contributed by atoms with Gasteiger partial charge in [0.05, 0.1) is 13.2 Å². The molecule has 0 aliphatic carbocycles. The van der Waals surface area contributed by atoms with Crippen molar-refractivity contribution in [1.82, 2.24) is 5.32 Å². The van der Waals surface area contributed by atoms with Crippen LogP contribution in [0.15, 0.2) is 39.2 Å². The van der Waals surface area contributed by atoms with Crippen LogP contribution >= 0.6 is 15.9 Å². The third-order valence-corrected chi connectivity index (χ3v) is 4.07. The fourth-order valence-corrected chi connectivity index (χ4v) is 2.49. The molecule has 0 fully saturated rings. The van der Waals surface area contributed by atoms with Crippen LogP contribution in [0.5, 0.6) is 0 Å². The van der Waals surface area contributed by atoms with Crippen LogP contribution in [0.1, 0.15) is 33.5 Å². The molecular weight excluding hydrogens is 322 g/mol. The Morgan fingerprint density at radius 3 is 2.75 bits per heavy atom. The molecule has 0 spiro atoms. The molecule has 2 rings (SSSR count). The molecule has 2 aromatic rings. The summed E-state index contributed by atoms with van der Waals surface area (Å²) in [5.74, 6) is 0.404. The van der Waals surface area contributed by atoms with Crippen molar-refractivity contribution >= 4 is 21.9 Å². The topological polar surface area (TPSA) is 51.5 Å². The Bertz CT molecular complexity index is 621. The van der Waals surface area contributed by atoms with Gasteiger partial charge in [-0.2, -0.15) is 0 Å².